The topological polar surface area (TPSA) is 86.0 Å². The maximum absolute atomic E-state index is 13.5. The predicted octanol–water partition coefficient (Wildman–Crippen LogP) is 5.68. The van der Waals surface area contributed by atoms with Gasteiger partial charge >= 0.3 is 6.18 Å². The van der Waals surface area contributed by atoms with E-state index in [-0.39, 0.29) is 0 Å². The van der Waals surface area contributed by atoms with Crippen LogP contribution in [0.3, 0.4) is 0 Å². The second kappa shape index (κ2) is 12.0. The van der Waals surface area contributed by atoms with Crippen LogP contribution in [0.15, 0.2) is 48.8 Å². The number of nitrogens with zero attached hydrogens (tertiary/aromatic N) is 3. The Morgan fingerprint density at radius 2 is 1.83 bits per heavy atom. The fourth-order valence-corrected chi connectivity index (χ4v) is 4.36. The molecule has 35 heavy (non-hydrogen) atoms. The number of aryl methyl sites for hydroxylation is 1. The van der Waals surface area contributed by atoms with E-state index in [1.165, 1.54) is 42.9 Å². The number of hydrogen-bond donors (Lipinski definition) is 2. The molecule has 3 N–H and O–H groups in total. The van der Waals surface area contributed by atoms with Crippen LogP contribution >= 0.6 is 11.3 Å². The van der Waals surface area contributed by atoms with Crippen LogP contribution in [0.4, 0.5) is 22.7 Å². The lowest BCUT2D eigenvalue weighted by Gasteiger charge is -2.07. The zero-order valence-electron chi connectivity index (χ0n) is 19.2. The Hall–Kier alpha value is -3.15. The minimum Gasteiger partial charge on any atom is -0.378 e. The molecule has 1 aromatic carbocycles. The predicted molar refractivity (Wildman–Crippen MR) is 130 cm³/mol. The second-order valence-electron chi connectivity index (χ2n) is 7.38. The maximum atomic E-state index is 13.5. The summed E-state index contributed by atoms with van der Waals surface area (Å²) < 4.78 is 56.7. The first-order chi connectivity index (χ1) is 16.8. The molecule has 0 aliphatic heterocycles. The van der Waals surface area contributed by atoms with Gasteiger partial charge in [-0.05, 0) is 48.5 Å². The van der Waals surface area contributed by atoms with Crippen molar-refractivity contribution in [3.63, 3.8) is 0 Å². The molecule has 6 nitrogen and oxygen atoms in total. The standard InChI is InChI=1S/C23H20F4N4OS.CH5N/c1-32-13-18-21(15-5-6-16-12-30-20(24)10-17(16)9-15)33-22(31-18)28-8-2-3-14-4-7-19(29-11-14)23(25,26)27;1-2/h4-7,9-12H,2-3,8,13H2,1H3,(H,28,31);2H2,1H3. The van der Waals surface area contributed by atoms with E-state index in [4.69, 9.17) is 4.74 Å². The number of fused-ring (bicyclic) bond motifs is 1. The van der Waals surface area contributed by atoms with Gasteiger partial charge in [0.25, 0.3) is 0 Å². The summed E-state index contributed by atoms with van der Waals surface area (Å²) in [7, 11) is 3.09. The number of nitrogens with one attached hydrogen (secondary N) is 1. The summed E-state index contributed by atoms with van der Waals surface area (Å²) in [5, 5.41) is 5.57. The Morgan fingerprint density at radius 1 is 1.03 bits per heavy atom. The van der Waals surface area contributed by atoms with E-state index < -0.39 is 17.8 Å². The Kier molecular flexibility index (Phi) is 9.07. The summed E-state index contributed by atoms with van der Waals surface area (Å²) in [5.74, 6) is -0.535. The van der Waals surface area contributed by atoms with Crippen LogP contribution < -0.4 is 11.1 Å². The van der Waals surface area contributed by atoms with E-state index in [1.54, 1.807) is 7.11 Å². The molecule has 0 saturated heterocycles. The monoisotopic (exact) mass is 507 g/mol. The molecule has 0 unspecified atom stereocenters. The van der Waals surface area contributed by atoms with Crippen LogP contribution in [0, 0.1) is 5.95 Å². The van der Waals surface area contributed by atoms with Crippen molar-refractivity contribution >= 4 is 27.2 Å². The lowest BCUT2D eigenvalue weighted by Crippen LogP contribution is -2.08. The number of alkyl halides is 3. The van der Waals surface area contributed by atoms with E-state index >= 15 is 0 Å². The molecule has 3 heterocycles. The Balaban J connectivity index is 0.00000167. The van der Waals surface area contributed by atoms with Crippen LogP contribution in [-0.4, -0.2) is 35.7 Å². The largest absolute Gasteiger partial charge is 0.433 e. The van der Waals surface area contributed by atoms with Crippen LogP contribution in [0.25, 0.3) is 21.2 Å². The van der Waals surface area contributed by atoms with Gasteiger partial charge < -0.3 is 15.8 Å². The molecule has 0 spiro atoms. The molecule has 0 aliphatic carbocycles. The first-order valence-electron chi connectivity index (χ1n) is 10.7. The molecular weight excluding hydrogens is 482 g/mol. The summed E-state index contributed by atoms with van der Waals surface area (Å²) in [5.41, 5.74) is 6.02. The number of methoxy groups -OCH3 is 1. The molecule has 0 atom stereocenters. The average molecular weight is 508 g/mol. The van der Waals surface area contributed by atoms with Gasteiger partial charge in [-0.1, -0.05) is 29.5 Å². The van der Waals surface area contributed by atoms with E-state index in [1.807, 2.05) is 18.2 Å². The third-order valence-electron chi connectivity index (χ3n) is 4.96. The van der Waals surface area contributed by atoms with Gasteiger partial charge in [0, 0.05) is 37.5 Å². The van der Waals surface area contributed by atoms with Crippen LogP contribution in [0.1, 0.15) is 23.4 Å². The number of anilines is 1. The molecule has 0 aliphatic rings. The molecule has 0 radical (unpaired) electrons. The van der Waals surface area contributed by atoms with Crippen molar-refractivity contribution in [2.45, 2.75) is 25.6 Å². The molecule has 0 fully saturated rings. The molecule has 0 bridgehead atoms. The smallest absolute Gasteiger partial charge is 0.378 e. The summed E-state index contributed by atoms with van der Waals surface area (Å²) in [6.07, 6.45) is -0.385. The summed E-state index contributed by atoms with van der Waals surface area (Å²) >= 11 is 1.47. The fourth-order valence-electron chi connectivity index (χ4n) is 3.37. The molecule has 0 saturated carbocycles. The zero-order chi connectivity index (χ0) is 25.4. The molecule has 186 valence electrons. The van der Waals surface area contributed by atoms with Gasteiger partial charge in [-0.25, -0.2) is 9.97 Å². The highest BCUT2D eigenvalue weighted by Crippen LogP contribution is 2.35. The first-order valence-corrected chi connectivity index (χ1v) is 11.5. The third-order valence-corrected chi connectivity index (χ3v) is 6.07. The quantitative estimate of drug-likeness (QED) is 0.181. The van der Waals surface area contributed by atoms with Crippen molar-refractivity contribution in [3.8, 4) is 10.4 Å². The molecule has 11 heteroatoms. The highest BCUT2D eigenvalue weighted by atomic mass is 32.1. The Bertz CT molecular complexity index is 1250. The number of aromatic nitrogens is 3. The van der Waals surface area contributed by atoms with Gasteiger partial charge in [0.1, 0.15) is 5.69 Å². The minimum absolute atomic E-state index is 0.327. The number of hydrogen-bond acceptors (Lipinski definition) is 7. The van der Waals surface area contributed by atoms with Crippen LogP contribution in [-0.2, 0) is 23.9 Å². The Labute approximate surface area is 204 Å². The zero-order valence-corrected chi connectivity index (χ0v) is 20.0. The van der Waals surface area contributed by atoms with Crippen molar-refractivity contribution in [1.29, 1.82) is 0 Å². The number of rotatable bonds is 8. The molecular formula is C24H25F4N5OS. The lowest BCUT2D eigenvalue weighted by molar-refractivity contribution is -0.141. The van der Waals surface area contributed by atoms with Crippen molar-refractivity contribution in [1.82, 2.24) is 15.0 Å². The maximum Gasteiger partial charge on any atom is 0.433 e. The molecule has 3 aromatic heterocycles. The summed E-state index contributed by atoms with van der Waals surface area (Å²) in [6, 6.07) is 9.57. The van der Waals surface area contributed by atoms with E-state index in [0.717, 1.165) is 38.5 Å². The number of halogens is 4. The van der Waals surface area contributed by atoms with Crippen molar-refractivity contribution in [2.24, 2.45) is 5.73 Å². The highest BCUT2D eigenvalue weighted by Gasteiger charge is 2.31. The van der Waals surface area contributed by atoms with Gasteiger partial charge in [-0.15, -0.1) is 0 Å². The SMILES string of the molecule is CN.COCc1nc(NCCCc2ccc(C(F)(F)F)nc2)sc1-c1ccc2cnc(F)cc2c1. The van der Waals surface area contributed by atoms with Crippen molar-refractivity contribution in [2.75, 3.05) is 26.0 Å². The van der Waals surface area contributed by atoms with Gasteiger partial charge in [-0.3, -0.25) is 4.98 Å². The van der Waals surface area contributed by atoms with Gasteiger partial charge in [0.05, 0.1) is 17.2 Å². The van der Waals surface area contributed by atoms with Crippen molar-refractivity contribution in [3.05, 3.63) is 71.7 Å². The van der Waals surface area contributed by atoms with Crippen LogP contribution in [0.2, 0.25) is 0 Å². The number of ether oxygens (including phenoxy) is 1. The van der Waals surface area contributed by atoms with Crippen LogP contribution in [0.5, 0.6) is 0 Å². The lowest BCUT2D eigenvalue weighted by atomic mass is 10.1. The van der Waals surface area contributed by atoms with Crippen molar-refractivity contribution < 1.29 is 22.3 Å². The first kappa shape index (κ1) is 26.5. The summed E-state index contributed by atoms with van der Waals surface area (Å²) in [4.78, 5) is 12.7. The van der Waals surface area contributed by atoms with Gasteiger partial charge in [0.2, 0.25) is 5.95 Å². The minimum atomic E-state index is -4.43. The van der Waals surface area contributed by atoms with E-state index in [9.17, 15) is 17.6 Å². The van der Waals surface area contributed by atoms with Gasteiger partial charge in [-0.2, -0.15) is 17.6 Å². The second-order valence-corrected chi connectivity index (χ2v) is 8.38. The molecule has 4 aromatic rings. The average Bonchev–Trinajstić information content (AvgIpc) is 3.25. The fraction of sp³-hybridized carbons (Fsp3) is 0.292. The van der Waals surface area contributed by atoms with Gasteiger partial charge in [0.15, 0.2) is 5.13 Å². The Morgan fingerprint density at radius 3 is 2.51 bits per heavy atom. The van der Waals surface area contributed by atoms with E-state index in [2.05, 4.69) is 26.0 Å². The third kappa shape index (κ3) is 6.93. The summed E-state index contributed by atoms with van der Waals surface area (Å²) in [6.45, 7) is 0.919. The normalized spacial score (nSPS) is 11.3. The number of benzene rings is 1. The number of nitrogens with two attached hydrogens (primary N) is 1. The molecule has 4 rings (SSSR count). The molecule has 0 amide bonds. The number of thiazole rings is 1. The number of pyridine rings is 2. The highest BCUT2D eigenvalue weighted by molar-refractivity contribution is 7.19. The van der Waals surface area contributed by atoms with E-state index in [0.29, 0.717) is 31.1 Å².